The van der Waals surface area contributed by atoms with Crippen LogP contribution in [0.4, 0.5) is 13.2 Å². The van der Waals surface area contributed by atoms with Crippen LogP contribution in [-0.2, 0) is 4.79 Å². The van der Waals surface area contributed by atoms with E-state index in [0.29, 0.717) is 0 Å². The molecule has 0 atom stereocenters. The Labute approximate surface area is 43.9 Å². The van der Waals surface area contributed by atoms with Crippen molar-refractivity contribution < 1.29 is 23.1 Å². The van der Waals surface area contributed by atoms with E-state index >= 15 is 0 Å². The van der Waals surface area contributed by atoms with Crippen LogP contribution >= 0.6 is 0 Å². The molecule has 0 aromatic heterocycles. The van der Waals surface area contributed by atoms with Crippen molar-refractivity contribution in [2.24, 2.45) is 0 Å². The summed E-state index contributed by atoms with van der Waals surface area (Å²) >= 11 is 0. The highest BCUT2D eigenvalue weighted by Gasteiger charge is 2.38. The third-order valence-electron chi connectivity index (χ3n) is 0.243. The van der Waals surface area contributed by atoms with Gasteiger partial charge in [0, 0.05) is 0 Å². The number of carboxylic acids is 1. The lowest BCUT2D eigenvalue weighted by Gasteiger charge is -1.93. The molecule has 0 bridgehead atoms. The lowest BCUT2D eigenvalue weighted by atomic mass is 10.7. The number of carbonyl (C=O) groups is 1. The molecule has 0 amide bonds. The largest absolute Gasteiger partial charge is 0.490 e. The summed E-state index contributed by atoms with van der Waals surface area (Å²) in [6, 6.07) is 0. The van der Waals surface area contributed by atoms with E-state index in [-0.39, 0.29) is 7.43 Å². The van der Waals surface area contributed by atoms with Gasteiger partial charge in [-0.3, -0.25) is 0 Å². The maximum absolute atomic E-state index is 10.6. The van der Waals surface area contributed by atoms with E-state index in [2.05, 4.69) is 0 Å². The van der Waals surface area contributed by atoms with E-state index in [4.69, 9.17) is 9.90 Å². The first-order chi connectivity index (χ1) is 2.94. The molecular weight excluding hydrogens is 125 g/mol. The van der Waals surface area contributed by atoms with Crippen molar-refractivity contribution in [3.63, 3.8) is 0 Å². The third kappa shape index (κ3) is 3.45. The minimum absolute atomic E-state index is 0. The molecule has 0 aromatic rings. The van der Waals surface area contributed by atoms with Gasteiger partial charge in [-0.05, 0) is 0 Å². The lowest BCUT2D eigenvalue weighted by Crippen LogP contribution is -2.21. The molecule has 5 heteroatoms. The van der Waals surface area contributed by atoms with Crippen molar-refractivity contribution in [1.82, 2.24) is 0 Å². The van der Waals surface area contributed by atoms with E-state index in [1.165, 1.54) is 0 Å². The molecule has 0 fully saturated rings. The number of halogens is 3. The maximum atomic E-state index is 10.6. The van der Waals surface area contributed by atoms with Gasteiger partial charge in [-0.15, -0.1) is 0 Å². The van der Waals surface area contributed by atoms with Crippen LogP contribution in [0.5, 0.6) is 0 Å². The zero-order valence-corrected chi connectivity index (χ0v) is 2.99. The summed E-state index contributed by atoms with van der Waals surface area (Å²) in [4.78, 5) is 8.90. The van der Waals surface area contributed by atoms with Gasteiger partial charge < -0.3 is 5.11 Å². The molecule has 0 aromatic carbocycles. The Kier molecular flexibility index (Phi) is 3.26. The molecule has 0 aliphatic carbocycles. The van der Waals surface area contributed by atoms with Crippen LogP contribution in [0.2, 0.25) is 0 Å². The highest BCUT2D eigenvalue weighted by Crippen LogP contribution is 2.13. The molecule has 0 saturated heterocycles. The van der Waals surface area contributed by atoms with Crippen molar-refractivity contribution >= 4 is 5.97 Å². The Balaban J connectivity index is 0. The van der Waals surface area contributed by atoms with E-state index in [0.717, 1.165) is 0 Å². The number of alkyl halides is 3. The molecule has 2 nitrogen and oxygen atoms in total. The van der Waals surface area contributed by atoms with Gasteiger partial charge in [0.2, 0.25) is 0 Å². The summed E-state index contributed by atoms with van der Waals surface area (Å²) < 4.78 is 31.7. The molecular formula is C3H5F3O2. The topological polar surface area (TPSA) is 37.3 Å². The summed E-state index contributed by atoms with van der Waals surface area (Å²) in [7, 11) is 0. The SMILES string of the molecule is C.O=C(O)C(F)(F)F. The number of carboxylic acid groups (broad SMARTS) is 1. The van der Waals surface area contributed by atoms with E-state index < -0.39 is 12.1 Å². The highest BCUT2D eigenvalue weighted by atomic mass is 19.4. The van der Waals surface area contributed by atoms with Crippen LogP contribution in [0.1, 0.15) is 7.43 Å². The van der Waals surface area contributed by atoms with Crippen LogP contribution in [0.25, 0.3) is 0 Å². The highest BCUT2D eigenvalue weighted by molar-refractivity contribution is 5.73. The Hall–Kier alpha value is -0.740. The predicted octanol–water partition coefficient (Wildman–Crippen LogP) is 1.27. The van der Waals surface area contributed by atoms with Crippen LogP contribution < -0.4 is 0 Å². The molecule has 0 saturated carbocycles. The first-order valence-electron chi connectivity index (χ1n) is 1.24. The van der Waals surface area contributed by atoms with Crippen molar-refractivity contribution in [1.29, 1.82) is 0 Å². The lowest BCUT2D eigenvalue weighted by molar-refractivity contribution is -0.192. The normalized spacial score (nSPS) is 9.88. The van der Waals surface area contributed by atoms with Crippen molar-refractivity contribution in [2.75, 3.05) is 0 Å². The second-order valence-electron chi connectivity index (χ2n) is 0.803. The molecule has 50 valence electrons. The number of rotatable bonds is 0. The first-order valence-corrected chi connectivity index (χ1v) is 1.24. The van der Waals surface area contributed by atoms with Crippen molar-refractivity contribution in [2.45, 2.75) is 13.6 Å². The number of hydrogen-bond acceptors (Lipinski definition) is 1. The smallest absolute Gasteiger partial charge is 0.475 e. The van der Waals surface area contributed by atoms with Crippen LogP contribution in [0.15, 0.2) is 0 Å². The zero-order valence-electron chi connectivity index (χ0n) is 2.99. The van der Waals surface area contributed by atoms with Crippen LogP contribution in [0, 0.1) is 0 Å². The van der Waals surface area contributed by atoms with Gasteiger partial charge in [0.25, 0.3) is 0 Å². The fraction of sp³-hybridized carbons (Fsp3) is 0.667. The van der Waals surface area contributed by atoms with Gasteiger partial charge in [0.05, 0.1) is 0 Å². The van der Waals surface area contributed by atoms with Gasteiger partial charge in [0.15, 0.2) is 0 Å². The molecule has 0 spiro atoms. The summed E-state index contributed by atoms with van der Waals surface area (Å²) in [5, 5.41) is 7.12. The quantitative estimate of drug-likeness (QED) is 0.536. The third-order valence-corrected chi connectivity index (χ3v) is 0.243. The minimum atomic E-state index is -5.08. The van der Waals surface area contributed by atoms with Gasteiger partial charge in [-0.25, -0.2) is 4.79 Å². The molecule has 1 N–H and O–H groups in total. The van der Waals surface area contributed by atoms with Gasteiger partial charge in [0.1, 0.15) is 0 Å². The standard InChI is InChI=1S/C2HF3O2.CH4/c3-2(4,5)1(6)7;/h(H,6,7);1H4. The Morgan fingerprint density at radius 1 is 1.38 bits per heavy atom. The van der Waals surface area contributed by atoms with Crippen LogP contribution in [0.3, 0.4) is 0 Å². The van der Waals surface area contributed by atoms with Crippen molar-refractivity contribution in [3.05, 3.63) is 0 Å². The summed E-state index contributed by atoms with van der Waals surface area (Å²) in [5.74, 6) is -2.76. The monoisotopic (exact) mass is 130 g/mol. The molecule has 0 aliphatic heterocycles. The van der Waals surface area contributed by atoms with E-state index in [9.17, 15) is 13.2 Å². The molecule has 8 heavy (non-hydrogen) atoms. The summed E-state index contributed by atoms with van der Waals surface area (Å²) in [5.41, 5.74) is 0. The van der Waals surface area contributed by atoms with E-state index in [1.54, 1.807) is 0 Å². The average molecular weight is 130 g/mol. The average Bonchev–Trinajstić information content (AvgIpc) is 1.31. The fourth-order valence-electron chi connectivity index (χ4n) is 0. The van der Waals surface area contributed by atoms with Crippen molar-refractivity contribution in [3.8, 4) is 0 Å². The molecule has 0 heterocycles. The van der Waals surface area contributed by atoms with E-state index in [1.807, 2.05) is 0 Å². The second kappa shape index (κ2) is 2.54. The number of aliphatic carboxylic acids is 1. The zero-order chi connectivity index (χ0) is 6.08. The summed E-state index contributed by atoms with van der Waals surface area (Å²) in [6.45, 7) is 0. The van der Waals surface area contributed by atoms with Gasteiger partial charge in [-0.1, -0.05) is 7.43 Å². The minimum Gasteiger partial charge on any atom is -0.475 e. The van der Waals surface area contributed by atoms with Gasteiger partial charge >= 0.3 is 12.1 Å². The Bertz CT molecular complexity index is 85.0. The van der Waals surface area contributed by atoms with Gasteiger partial charge in [-0.2, -0.15) is 13.2 Å². The maximum Gasteiger partial charge on any atom is 0.490 e. The van der Waals surface area contributed by atoms with Crippen LogP contribution in [-0.4, -0.2) is 17.3 Å². The molecule has 0 radical (unpaired) electrons. The summed E-state index contributed by atoms with van der Waals surface area (Å²) in [6.07, 6.45) is -5.08. The second-order valence-corrected chi connectivity index (χ2v) is 0.803. The molecule has 0 unspecified atom stereocenters. The Morgan fingerprint density at radius 2 is 1.50 bits per heavy atom. The first kappa shape index (κ1) is 10.3. The Morgan fingerprint density at radius 3 is 1.50 bits per heavy atom. The molecule has 0 aliphatic rings. The molecule has 0 rings (SSSR count). The number of hydrogen-bond donors (Lipinski definition) is 1. The fourth-order valence-corrected chi connectivity index (χ4v) is 0. The predicted molar refractivity (Wildman–Crippen MR) is 20.4 cm³/mol.